The molecule has 160 valence electrons. The minimum absolute atomic E-state index is 0.0641. The van der Waals surface area contributed by atoms with E-state index in [0.29, 0.717) is 26.4 Å². The molecule has 0 aliphatic carbocycles. The topological polar surface area (TPSA) is 76.9 Å². The third kappa shape index (κ3) is 11.1. The molecular weight excluding hydrogens is 356 g/mol. The molecule has 0 radical (unpaired) electrons. The maximum Gasteiger partial charge on any atom is 0.250 e. The van der Waals surface area contributed by atoms with Gasteiger partial charge < -0.3 is 24.7 Å². The summed E-state index contributed by atoms with van der Waals surface area (Å²) in [5.74, 6) is 0.804. The van der Waals surface area contributed by atoms with E-state index in [4.69, 9.17) is 9.47 Å². The zero-order valence-electron chi connectivity index (χ0n) is 17.8. The van der Waals surface area contributed by atoms with E-state index < -0.39 is 0 Å². The fourth-order valence-electron chi connectivity index (χ4n) is 2.63. The number of pyridine rings is 1. The van der Waals surface area contributed by atoms with Crippen molar-refractivity contribution in [2.24, 2.45) is 4.99 Å². The second-order valence-corrected chi connectivity index (χ2v) is 6.63. The molecule has 7 heteroatoms. The second kappa shape index (κ2) is 16.1. The summed E-state index contributed by atoms with van der Waals surface area (Å²) >= 11 is 0. The monoisotopic (exact) mass is 394 g/mol. The van der Waals surface area contributed by atoms with E-state index in [-0.39, 0.29) is 5.56 Å². The molecular formula is C21H38N4O3. The molecule has 1 heterocycles. The molecule has 0 atom stereocenters. The van der Waals surface area contributed by atoms with Gasteiger partial charge in [0.05, 0.1) is 19.8 Å². The van der Waals surface area contributed by atoms with E-state index in [1.165, 1.54) is 0 Å². The number of hydrogen-bond acceptors (Lipinski definition) is 4. The summed E-state index contributed by atoms with van der Waals surface area (Å²) in [5.41, 5.74) is 1.07. The summed E-state index contributed by atoms with van der Waals surface area (Å²) in [6.07, 6.45) is 4.12. The van der Waals surface area contributed by atoms with Crippen molar-refractivity contribution in [2.75, 3.05) is 46.1 Å². The quantitative estimate of drug-likeness (QED) is 0.271. The Bertz CT molecular complexity index is 602. The van der Waals surface area contributed by atoms with Crippen molar-refractivity contribution in [3.8, 4) is 0 Å². The highest BCUT2D eigenvalue weighted by Crippen LogP contribution is 1.98. The van der Waals surface area contributed by atoms with Gasteiger partial charge in [0.1, 0.15) is 0 Å². The standard InChI is InChI=1S/C21H38N4O3/c1-4-6-15-27-17-18-28-16-13-24-21(22-5-2)23-12-7-8-14-25-19(3)10-9-11-20(25)26/h9-11H,4-8,12-18H2,1-3H3,(H2,22,23,24). The Balaban J connectivity index is 2.17. The first-order valence-corrected chi connectivity index (χ1v) is 10.5. The zero-order chi connectivity index (χ0) is 20.5. The van der Waals surface area contributed by atoms with E-state index in [2.05, 4.69) is 22.5 Å². The molecule has 0 aliphatic rings. The number of ether oxygens (including phenoxy) is 2. The average molecular weight is 395 g/mol. The molecule has 0 fully saturated rings. The Morgan fingerprint density at radius 2 is 1.82 bits per heavy atom. The molecule has 0 amide bonds. The zero-order valence-corrected chi connectivity index (χ0v) is 17.8. The molecule has 28 heavy (non-hydrogen) atoms. The summed E-state index contributed by atoms with van der Waals surface area (Å²) in [6, 6.07) is 5.37. The van der Waals surface area contributed by atoms with E-state index in [1.54, 1.807) is 12.1 Å². The molecule has 0 aliphatic heterocycles. The van der Waals surface area contributed by atoms with Crippen molar-refractivity contribution in [1.29, 1.82) is 0 Å². The normalized spacial score (nSPS) is 11.6. The Morgan fingerprint density at radius 1 is 1.04 bits per heavy atom. The van der Waals surface area contributed by atoms with E-state index >= 15 is 0 Å². The first-order valence-electron chi connectivity index (χ1n) is 10.5. The number of hydrogen-bond donors (Lipinski definition) is 2. The number of rotatable bonds is 15. The summed E-state index contributed by atoms with van der Waals surface area (Å²) in [6.45, 7) is 11.9. The summed E-state index contributed by atoms with van der Waals surface area (Å²) in [5, 5.41) is 6.51. The van der Waals surface area contributed by atoms with E-state index in [9.17, 15) is 4.79 Å². The van der Waals surface area contributed by atoms with Gasteiger partial charge in [0, 0.05) is 44.5 Å². The van der Waals surface area contributed by atoms with Crippen LogP contribution in [0.2, 0.25) is 0 Å². The van der Waals surface area contributed by atoms with E-state index in [0.717, 1.165) is 63.6 Å². The van der Waals surface area contributed by atoms with Gasteiger partial charge in [-0.15, -0.1) is 0 Å². The number of unbranched alkanes of at least 4 members (excludes halogenated alkanes) is 2. The SMILES string of the molecule is CCCCOCCOCCNC(=NCCCCn1c(C)cccc1=O)NCC. The maximum absolute atomic E-state index is 11.9. The summed E-state index contributed by atoms with van der Waals surface area (Å²) in [7, 11) is 0. The van der Waals surface area contributed by atoms with Gasteiger partial charge in [0.2, 0.25) is 0 Å². The molecule has 1 aromatic heterocycles. The fraction of sp³-hybridized carbons (Fsp3) is 0.714. The van der Waals surface area contributed by atoms with Gasteiger partial charge in [-0.05, 0) is 39.2 Å². The Morgan fingerprint density at radius 3 is 2.54 bits per heavy atom. The van der Waals surface area contributed by atoms with Crippen molar-refractivity contribution < 1.29 is 9.47 Å². The largest absolute Gasteiger partial charge is 0.379 e. The molecule has 0 bridgehead atoms. The van der Waals surface area contributed by atoms with Crippen LogP contribution in [0.15, 0.2) is 28.0 Å². The number of aromatic nitrogens is 1. The van der Waals surface area contributed by atoms with Crippen molar-refractivity contribution >= 4 is 5.96 Å². The maximum atomic E-state index is 11.9. The number of aryl methyl sites for hydroxylation is 1. The lowest BCUT2D eigenvalue weighted by atomic mass is 10.3. The molecule has 0 saturated heterocycles. The van der Waals surface area contributed by atoms with Crippen molar-refractivity contribution in [1.82, 2.24) is 15.2 Å². The Hall–Kier alpha value is -1.86. The van der Waals surface area contributed by atoms with Gasteiger partial charge in [-0.3, -0.25) is 9.79 Å². The van der Waals surface area contributed by atoms with Gasteiger partial charge in [-0.25, -0.2) is 0 Å². The van der Waals surface area contributed by atoms with Gasteiger partial charge >= 0.3 is 0 Å². The summed E-state index contributed by atoms with van der Waals surface area (Å²) < 4.78 is 12.8. The fourth-order valence-corrected chi connectivity index (χ4v) is 2.63. The average Bonchev–Trinajstić information content (AvgIpc) is 2.68. The van der Waals surface area contributed by atoms with Gasteiger partial charge in [-0.1, -0.05) is 19.4 Å². The Labute approximate surface area is 169 Å². The molecule has 1 rings (SSSR count). The van der Waals surface area contributed by atoms with Crippen molar-refractivity contribution in [2.45, 2.75) is 53.0 Å². The minimum Gasteiger partial charge on any atom is -0.379 e. The molecule has 7 nitrogen and oxygen atoms in total. The van der Waals surface area contributed by atoms with Gasteiger partial charge in [0.15, 0.2) is 5.96 Å². The molecule has 0 spiro atoms. The summed E-state index contributed by atoms with van der Waals surface area (Å²) in [4.78, 5) is 16.4. The molecule has 0 unspecified atom stereocenters. The molecule has 0 saturated carbocycles. The van der Waals surface area contributed by atoms with Crippen LogP contribution in [-0.2, 0) is 16.0 Å². The van der Waals surface area contributed by atoms with Crippen molar-refractivity contribution in [3.63, 3.8) is 0 Å². The van der Waals surface area contributed by atoms with Crippen LogP contribution < -0.4 is 16.2 Å². The Kier molecular flexibility index (Phi) is 13.9. The second-order valence-electron chi connectivity index (χ2n) is 6.63. The first kappa shape index (κ1) is 24.2. The number of guanidine groups is 1. The van der Waals surface area contributed by atoms with Crippen LogP contribution in [0.5, 0.6) is 0 Å². The van der Waals surface area contributed by atoms with Crippen LogP contribution in [-0.4, -0.2) is 56.6 Å². The minimum atomic E-state index is 0.0641. The molecule has 1 aromatic rings. The highest BCUT2D eigenvalue weighted by Gasteiger charge is 2.00. The predicted molar refractivity (Wildman–Crippen MR) is 115 cm³/mol. The van der Waals surface area contributed by atoms with Crippen LogP contribution in [0.1, 0.15) is 45.2 Å². The molecule has 2 N–H and O–H groups in total. The third-order valence-corrected chi connectivity index (χ3v) is 4.23. The van der Waals surface area contributed by atoms with Crippen LogP contribution in [0.25, 0.3) is 0 Å². The van der Waals surface area contributed by atoms with Gasteiger partial charge in [0.25, 0.3) is 5.56 Å². The van der Waals surface area contributed by atoms with Crippen LogP contribution >= 0.6 is 0 Å². The van der Waals surface area contributed by atoms with Crippen LogP contribution in [0.3, 0.4) is 0 Å². The van der Waals surface area contributed by atoms with Crippen LogP contribution in [0, 0.1) is 6.92 Å². The highest BCUT2D eigenvalue weighted by molar-refractivity contribution is 5.79. The lowest BCUT2D eigenvalue weighted by molar-refractivity contribution is 0.0487. The third-order valence-electron chi connectivity index (χ3n) is 4.23. The molecule has 0 aromatic carbocycles. The number of aliphatic imine (C=N–C) groups is 1. The highest BCUT2D eigenvalue weighted by atomic mass is 16.5. The lowest BCUT2D eigenvalue weighted by Crippen LogP contribution is -2.39. The first-order chi connectivity index (χ1) is 13.7. The van der Waals surface area contributed by atoms with Crippen molar-refractivity contribution in [3.05, 3.63) is 34.2 Å². The van der Waals surface area contributed by atoms with E-state index in [1.807, 2.05) is 24.5 Å². The number of nitrogens with zero attached hydrogens (tertiary/aromatic N) is 2. The van der Waals surface area contributed by atoms with Gasteiger partial charge in [-0.2, -0.15) is 0 Å². The smallest absolute Gasteiger partial charge is 0.250 e. The lowest BCUT2D eigenvalue weighted by Gasteiger charge is -2.12. The number of nitrogens with one attached hydrogen (secondary N) is 2. The predicted octanol–water partition coefficient (Wildman–Crippen LogP) is 2.33. The van der Waals surface area contributed by atoms with Crippen LogP contribution in [0.4, 0.5) is 0 Å².